The van der Waals surface area contributed by atoms with Crippen molar-refractivity contribution in [1.82, 2.24) is 0 Å². The number of halogens is 4. The summed E-state index contributed by atoms with van der Waals surface area (Å²) in [5.41, 5.74) is -0.533. The predicted molar refractivity (Wildman–Crippen MR) is 35.3 cm³/mol. The maximum atomic E-state index is 12.6. The molecule has 1 rings (SSSR count). The van der Waals surface area contributed by atoms with Gasteiger partial charge in [-0.3, -0.25) is 0 Å². The van der Waals surface area contributed by atoms with Crippen LogP contribution in [-0.2, 0) is 6.42 Å². The summed E-state index contributed by atoms with van der Waals surface area (Å²) in [4.78, 5) is 0. The average molecular weight is 177 g/mol. The van der Waals surface area contributed by atoms with Crippen LogP contribution in [0.4, 0.5) is 17.6 Å². The maximum Gasteiger partial charge on any atom is 0.194 e. The molecule has 0 saturated heterocycles. The summed E-state index contributed by atoms with van der Waals surface area (Å²) in [6.45, 7) is 3.18. The molecule has 0 unspecified atom stereocenters. The van der Waals surface area contributed by atoms with Gasteiger partial charge in [0.1, 0.15) is 5.82 Å². The van der Waals surface area contributed by atoms with Gasteiger partial charge in [0.2, 0.25) is 0 Å². The SMILES string of the molecule is [CH2]Cc1c(F)cc(F)c(F)c1F. The Hall–Kier alpha value is -1.06. The van der Waals surface area contributed by atoms with E-state index in [4.69, 9.17) is 0 Å². The van der Waals surface area contributed by atoms with Gasteiger partial charge in [-0.2, -0.15) is 0 Å². The lowest BCUT2D eigenvalue weighted by atomic mass is 10.1. The molecular weight excluding hydrogens is 172 g/mol. The van der Waals surface area contributed by atoms with Crippen LogP contribution in [0.25, 0.3) is 0 Å². The van der Waals surface area contributed by atoms with Crippen LogP contribution in [0.15, 0.2) is 6.07 Å². The molecule has 0 amide bonds. The summed E-state index contributed by atoms with van der Waals surface area (Å²) in [5.74, 6) is -5.79. The molecule has 0 aliphatic rings. The monoisotopic (exact) mass is 177 g/mol. The summed E-state index contributed by atoms with van der Waals surface area (Å²) in [7, 11) is 0. The van der Waals surface area contributed by atoms with Crippen molar-refractivity contribution in [3.05, 3.63) is 41.8 Å². The molecule has 0 nitrogen and oxygen atoms in total. The largest absolute Gasteiger partial charge is 0.206 e. The quantitative estimate of drug-likeness (QED) is 0.351. The predicted octanol–water partition coefficient (Wildman–Crippen LogP) is 2.62. The first-order chi connectivity index (χ1) is 5.57. The highest BCUT2D eigenvalue weighted by molar-refractivity contribution is 5.22. The van der Waals surface area contributed by atoms with E-state index in [2.05, 4.69) is 6.92 Å². The Kier molecular flexibility index (Phi) is 2.35. The normalized spacial score (nSPS) is 10.4. The van der Waals surface area contributed by atoms with Crippen LogP contribution in [0, 0.1) is 30.2 Å². The molecule has 12 heavy (non-hydrogen) atoms. The number of hydrogen-bond acceptors (Lipinski definition) is 0. The lowest BCUT2D eigenvalue weighted by molar-refractivity contribution is 0.426. The van der Waals surface area contributed by atoms with E-state index >= 15 is 0 Å². The first-order valence-corrected chi connectivity index (χ1v) is 3.19. The van der Waals surface area contributed by atoms with Gasteiger partial charge in [-0.1, -0.05) is 0 Å². The summed E-state index contributed by atoms with van der Waals surface area (Å²) in [6, 6.07) is 0.304. The molecule has 0 spiro atoms. The fraction of sp³-hybridized carbons (Fsp3) is 0.125. The van der Waals surface area contributed by atoms with Crippen LogP contribution in [0.3, 0.4) is 0 Å². The van der Waals surface area contributed by atoms with Crippen molar-refractivity contribution in [2.24, 2.45) is 0 Å². The Bertz CT molecular complexity index is 306. The Morgan fingerprint density at radius 3 is 2.08 bits per heavy atom. The molecule has 0 saturated carbocycles. The first kappa shape index (κ1) is 9.03. The van der Waals surface area contributed by atoms with Crippen molar-refractivity contribution in [1.29, 1.82) is 0 Å². The van der Waals surface area contributed by atoms with Crippen molar-refractivity contribution < 1.29 is 17.6 Å². The zero-order valence-electron chi connectivity index (χ0n) is 6.00. The molecule has 0 bridgehead atoms. The fourth-order valence-electron chi connectivity index (χ4n) is 0.833. The summed E-state index contributed by atoms with van der Waals surface area (Å²) in [6.07, 6.45) is -0.255. The molecule has 65 valence electrons. The molecule has 0 N–H and O–H groups in total. The Morgan fingerprint density at radius 1 is 1.00 bits per heavy atom. The smallest absolute Gasteiger partial charge is 0.194 e. The van der Waals surface area contributed by atoms with Gasteiger partial charge >= 0.3 is 0 Å². The molecular formula is C8H5F4. The first-order valence-electron chi connectivity index (χ1n) is 3.19. The molecule has 0 fully saturated rings. The van der Waals surface area contributed by atoms with Crippen LogP contribution < -0.4 is 0 Å². The highest BCUT2D eigenvalue weighted by Crippen LogP contribution is 2.18. The lowest BCUT2D eigenvalue weighted by Gasteiger charge is -2.02. The Labute approximate surface area is 66.8 Å². The van der Waals surface area contributed by atoms with E-state index in [1.807, 2.05) is 0 Å². The van der Waals surface area contributed by atoms with E-state index < -0.39 is 28.8 Å². The molecule has 0 aliphatic heterocycles. The lowest BCUT2D eigenvalue weighted by Crippen LogP contribution is -2.00. The van der Waals surface area contributed by atoms with Crippen LogP contribution >= 0.6 is 0 Å². The van der Waals surface area contributed by atoms with Crippen molar-refractivity contribution in [2.45, 2.75) is 6.42 Å². The molecule has 0 aromatic heterocycles. The minimum Gasteiger partial charge on any atom is -0.206 e. The molecule has 0 atom stereocenters. The second-order valence-corrected chi connectivity index (χ2v) is 2.20. The minimum atomic E-state index is -1.66. The second-order valence-electron chi connectivity index (χ2n) is 2.20. The van der Waals surface area contributed by atoms with Gasteiger partial charge in [-0.25, -0.2) is 17.6 Å². The van der Waals surface area contributed by atoms with Crippen LogP contribution in [0.1, 0.15) is 5.56 Å². The van der Waals surface area contributed by atoms with Gasteiger partial charge in [-0.05, 0) is 13.3 Å². The van der Waals surface area contributed by atoms with Gasteiger partial charge in [0.05, 0.1) is 0 Å². The van der Waals surface area contributed by atoms with E-state index in [-0.39, 0.29) is 6.42 Å². The number of benzene rings is 1. The topological polar surface area (TPSA) is 0 Å². The van der Waals surface area contributed by atoms with Crippen LogP contribution in [0.2, 0.25) is 0 Å². The van der Waals surface area contributed by atoms with E-state index in [9.17, 15) is 17.6 Å². The Morgan fingerprint density at radius 2 is 1.58 bits per heavy atom. The van der Waals surface area contributed by atoms with E-state index in [0.29, 0.717) is 6.07 Å². The second kappa shape index (κ2) is 3.13. The highest BCUT2D eigenvalue weighted by Gasteiger charge is 2.16. The summed E-state index contributed by atoms with van der Waals surface area (Å²) in [5, 5.41) is 0. The van der Waals surface area contributed by atoms with Crippen molar-refractivity contribution in [2.75, 3.05) is 0 Å². The van der Waals surface area contributed by atoms with E-state index in [0.717, 1.165) is 0 Å². The van der Waals surface area contributed by atoms with Gasteiger partial charge in [0.25, 0.3) is 0 Å². The molecule has 1 aromatic carbocycles. The third kappa shape index (κ3) is 1.29. The van der Waals surface area contributed by atoms with Crippen LogP contribution in [0.5, 0.6) is 0 Å². The van der Waals surface area contributed by atoms with Crippen molar-refractivity contribution >= 4 is 0 Å². The van der Waals surface area contributed by atoms with Gasteiger partial charge in [-0.15, -0.1) is 0 Å². The van der Waals surface area contributed by atoms with E-state index in [1.165, 1.54) is 0 Å². The number of rotatable bonds is 1. The third-order valence-electron chi connectivity index (χ3n) is 1.46. The maximum absolute atomic E-state index is 12.6. The summed E-state index contributed by atoms with van der Waals surface area (Å²) >= 11 is 0. The van der Waals surface area contributed by atoms with Gasteiger partial charge < -0.3 is 0 Å². The zero-order chi connectivity index (χ0) is 9.30. The van der Waals surface area contributed by atoms with Crippen molar-refractivity contribution in [3.8, 4) is 0 Å². The van der Waals surface area contributed by atoms with Gasteiger partial charge in [0.15, 0.2) is 17.5 Å². The third-order valence-corrected chi connectivity index (χ3v) is 1.46. The Balaban J connectivity index is 3.40. The highest BCUT2D eigenvalue weighted by atomic mass is 19.2. The van der Waals surface area contributed by atoms with E-state index in [1.54, 1.807) is 0 Å². The molecule has 0 heterocycles. The number of hydrogen-bond donors (Lipinski definition) is 0. The fourth-order valence-corrected chi connectivity index (χ4v) is 0.833. The standard InChI is InChI=1S/C8H5F4/c1-2-4-5(9)3-6(10)8(12)7(4)11/h3H,1-2H2. The average Bonchev–Trinajstić information content (AvgIpc) is 2.01. The van der Waals surface area contributed by atoms with Crippen molar-refractivity contribution in [3.63, 3.8) is 0 Å². The van der Waals surface area contributed by atoms with Gasteiger partial charge in [0, 0.05) is 11.6 Å². The molecule has 1 radical (unpaired) electrons. The summed E-state index contributed by atoms with van der Waals surface area (Å²) < 4.78 is 49.9. The zero-order valence-corrected chi connectivity index (χ0v) is 6.00. The molecule has 0 aliphatic carbocycles. The molecule has 1 aromatic rings. The molecule has 4 heteroatoms. The minimum absolute atomic E-state index is 0.255. The van der Waals surface area contributed by atoms with Crippen LogP contribution in [-0.4, -0.2) is 0 Å².